The van der Waals surface area contributed by atoms with Gasteiger partial charge in [-0.1, -0.05) is 36.4 Å². The normalized spacial score (nSPS) is 10.3. The number of benzene rings is 3. The summed E-state index contributed by atoms with van der Waals surface area (Å²) in [6.07, 6.45) is 5.98. The summed E-state index contributed by atoms with van der Waals surface area (Å²) in [5.41, 5.74) is 3.85. The average molecular weight is 422 g/mol. The molecule has 1 N–H and O–H groups in total. The van der Waals surface area contributed by atoms with Gasteiger partial charge in [0, 0.05) is 36.6 Å². The number of hydrogen-bond donors (Lipinski definition) is 1. The lowest BCUT2D eigenvalue weighted by molar-refractivity contribution is 0.102. The first-order valence-corrected chi connectivity index (χ1v) is 10.3. The summed E-state index contributed by atoms with van der Waals surface area (Å²) >= 11 is 0. The number of carbonyl (C=O) groups is 1. The van der Waals surface area contributed by atoms with E-state index in [9.17, 15) is 10.1 Å². The van der Waals surface area contributed by atoms with E-state index in [2.05, 4.69) is 16.4 Å². The summed E-state index contributed by atoms with van der Waals surface area (Å²) in [6.45, 7) is 1.05. The maximum Gasteiger partial charge on any atom is 0.255 e. The molecule has 1 aromatic heterocycles. The minimum absolute atomic E-state index is 0.155. The Labute approximate surface area is 186 Å². The Kier molecular flexibility index (Phi) is 6.59. The zero-order chi connectivity index (χ0) is 22.2. The van der Waals surface area contributed by atoms with E-state index in [0.717, 1.165) is 16.8 Å². The number of nitriles is 1. The molecule has 0 saturated heterocycles. The highest BCUT2D eigenvalue weighted by molar-refractivity contribution is 6.04. The second kappa shape index (κ2) is 10.1. The highest BCUT2D eigenvalue weighted by Crippen LogP contribution is 2.21. The van der Waals surface area contributed by atoms with Gasteiger partial charge in [-0.25, -0.2) is 4.98 Å². The first-order valence-electron chi connectivity index (χ1n) is 10.3. The Balaban J connectivity index is 1.38. The van der Waals surface area contributed by atoms with Crippen LogP contribution in [0.2, 0.25) is 0 Å². The van der Waals surface area contributed by atoms with Crippen LogP contribution in [0.25, 0.3) is 0 Å². The number of carbonyl (C=O) groups excluding carboxylic acids is 1. The second-order valence-electron chi connectivity index (χ2n) is 7.30. The van der Waals surface area contributed by atoms with E-state index in [4.69, 9.17) is 4.74 Å². The molecule has 0 aliphatic rings. The molecular weight excluding hydrogens is 400 g/mol. The van der Waals surface area contributed by atoms with Crippen LogP contribution in [0.5, 0.6) is 5.75 Å². The van der Waals surface area contributed by atoms with Crippen molar-refractivity contribution in [2.24, 2.45) is 0 Å². The number of amides is 1. The molecule has 6 nitrogen and oxygen atoms in total. The Morgan fingerprint density at radius 1 is 1.03 bits per heavy atom. The summed E-state index contributed by atoms with van der Waals surface area (Å²) in [4.78, 5) is 16.6. The van der Waals surface area contributed by atoms with Crippen molar-refractivity contribution in [3.05, 3.63) is 114 Å². The molecule has 158 valence electrons. The molecule has 3 aromatic carbocycles. The van der Waals surface area contributed by atoms with Crippen LogP contribution in [0.15, 0.2) is 91.5 Å². The largest absolute Gasteiger partial charge is 0.492 e. The Hall–Kier alpha value is -4.37. The highest BCUT2D eigenvalue weighted by atomic mass is 16.5. The summed E-state index contributed by atoms with van der Waals surface area (Å²) in [5.74, 6) is 0.404. The zero-order valence-electron chi connectivity index (χ0n) is 17.4. The number of nitrogens with one attached hydrogen (secondary N) is 1. The van der Waals surface area contributed by atoms with Crippen LogP contribution in [-0.2, 0) is 13.0 Å². The predicted molar refractivity (Wildman–Crippen MR) is 123 cm³/mol. The molecule has 1 heterocycles. The number of hydrogen-bond acceptors (Lipinski definition) is 4. The lowest BCUT2D eigenvalue weighted by Crippen LogP contribution is -2.12. The Morgan fingerprint density at radius 3 is 2.69 bits per heavy atom. The Morgan fingerprint density at radius 2 is 1.91 bits per heavy atom. The van der Waals surface area contributed by atoms with Gasteiger partial charge in [-0.3, -0.25) is 4.79 Å². The predicted octanol–water partition coefficient (Wildman–Crippen LogP) is 4.68. The van der Waals surface area contributed by atoms with Crippen molar-refractivity contribution in [1.82, 2.24) is 9.55 Å². The number of para-hydroxylation sites is 1. The molecule has 6 heteroatoms. The van der Waals surface area contributed by atoms with Crippen molar-refractivity contribution < 1.29 is 9.53 Å². The van der Waals surface area contributed by atoms with Gasteiger partial charge in [0.15, 0.2) is 0 Å². The molecule has 0 atom stereocenters. The van der Waals surface area contributed by atoms with Crippen molar-refractivity contribution in [2.75, 3.05) is 11.9 Å². The van der Waals surface area contributed by atoms with Crippen molar-refractivity contribution in [2.45, 2.75) is 13.0 Å². The minimum Gasteiger partial charge on any atom is -0.492 e. The maximum atomic E-state index is 12.5. The molecule has 0 fully saturated rings. The third-order valence-corrected chi connectivity index (χ3v) is 4.96. The van der Waals surface area contributed by atoms with E-state index in [0.29, 0.717) is 36.4 Å². The molecule has 0 aliphatic heterocycles. The van der Waals surface area contributed by atoms with Crippen LogP contribution in [-0.4, -0.2) is 22.1 Å². The van der Waals surface area contributed by atoms with Gasteiger partial charge in [0.2, 0.25) is 0 Å². The highest BCUT2D eigenvalue weighted by Gasteiger charge is 2.09. The topological polar surface area (TPSA) is 79.9 Å². The summed E-state index contributed by atoms with van der Waals surface area (Å²) in [6, 6.07) is 24.6. The van der Waals surface area contributed by atoms with Crippen LogP contribution in [0.1, 0.15) is 27.0 Å². The average Bonchev–Trinajstić information content (AvgIpc) is 3.33. The molecule has 4 aromatic rings. The molecule has 0 unspecified atom stereocenters. The quantitative estimate of drug-likeness (QED) is 0.447. The third-order valence-electron chi connectivity index (χ3n) is 4.96. The van der Waals surface area contributed by atoms with Crippen LogP contribution < -0.4 is 10.1 Å². The smallest absolute Gasteiger partial charge is 0.255 e. The maximum absolute atomic E-state index is 12.5. The number of rotatable bonds is 8. The first-order chi connectivity index (χ1) is 15.7. The molecule has 0 spiro atoms. The van der Waals surface area contributed by atoms with Crippen molar-refractivity contribution in [1.29, 1.82) is 5.26 Å². The van der Waals surface area contributed by atoms with Crippen molar-refractivity contribution in [3.8, 4) is 11.8 Å². The van der Waals surface area contributed by atoms with Crippen LogP contribution >= 0.6 is 0 Å². The molecule has 32 heavy (non-hydrogen) atoms. The third kappa shape index (κ3) is 5.41. The molecule has 1 amide bonds. The van der Waals surface area contributed by atoms with Crippen molar-refractivity contribution in [3.63, 3.8) is 0 Å². The zero-order valence-corrected chi connectivity index (χ0v) is 17.4. The van der Waals surface area contributed by atoms with Gasteiger partial charge >= 0.3 is 0 Å². The fourth-order valence-electron chi connectivity index (χ4n) is 3.34. The number of ether oxygens (including phenoxy) is 1. The molecule has 0 bridgehead atoms. The van der Waals surface area contributed by atoms with Crippen LogP contribution in [0.3, 0.4) is 0 Å². The van der Waals surface area contributed by atoms with Gasteiger partial charge in [-0.2, -0.15) is 5.26 Å². The molecule has 0 saturated carbocycles. The van der Waals surface area contributed by atoms with E-state index in [-0.39, 0.29) is 5.91 Å². The second-order valence-corrected chi connectivity index (χ2v) is 7.30. The van der Waals surface area contributed by atoms with E-state index in [1.807, 2.05) is 71.4 Å². The van der Waals surface area contributed by atoms with Gasteiger partial charge < -0.3 is 14.6 Å². The van der Waals surface area contributed by atoms with E-state index < -0.39 is 0 Å². The number of nitrogens with zero attached hydrogens (tertiary/aromatic N) is 3. The minimum atomic E-state index is -0.155. The van der Waals surface area contributed by atoms with E-state index in [1.54, 1.807) is 24.7 Å². The molecule has 4 rings (SSSR count). The molecular formula is C26H22N4O2. The fraction of sp³-hybridized carbons (Fsp3) is 0.115. The van der Waals surface area contributed by atoms with E-state index >= 15 is 0 Å². The summed E-state index contributed by atoms with van der Waals surface area (Å²) in [5, 5.41) is 12.3. The molecule has 0 aliphatic carbocycles. The van der Waals surface area contributed by atoms with Crippen molar-refractivity contribution >= 4 is 11.6 Å². The molecule has 0 radical (unpaired) electrons. The number of anilines is 1. The van der Waals surface area contributed by atoms with Crippen LogP contribution in [0, 0.1) is 11.3 Å². The summed E-state index contributed by atoms with van der Waals surface area (Å²) in [7, 11) is 0. The Bertz CT molecular complexity index is 1230. The van der Waals surface area contributed by atoms with Gasteiger partial charge in [0.1, 0.15) is 11.8 Å². The van der Waals surface area contributed by atoms with Gasteiger partial charge in [0.25, 0.3) is 5.91 Å². The number of aromatic nitrogens is 2. The SMILES string of the molecule is N#Cc1ccc(Cn2ccnc2)cc1OCCc1cccc(C(=O)Nc2ccccc2)c1. The standard InChI is InChI=1S/C26H22N4O2/c27-17-23-10-9-21(18-30-13-12-28-19-30)16-25(23)32-14-11-20-5-4-6-22(15-20)26(31)29-24-7-2-1-3-8-24/h1-10,12-13,15-16,19H,11,14,18H2,(H,29,31). The van der Waals surface area contributed by atoms with Gasteiger partial charge in [0.05, 0.1) is 18.5 Å². The first kappa shape index (κ1) is 20.9. The van der Waals surface area contributed by atoms with E-state index in [1.165, 1.54) is 0 Å². The van der Waals surface area contributed by atoms with Crippen LogP contribution in [0.4, 0.5) is 5.69 Å². The summed E-state index contributed by atoms with van der Waals surface area (Å²) < 4.78 is 7.90. The lowest BCUT2D eigenvalue weighted by Gasteiger charge is -2.11. The van der Waals surface area contributed by atoms with Gasteiger partial charge in [-0.15, -0.1) is 0 Å². The lowest BCUT2D eigenvalue weighted by atomic mass is 10.1. The monoisotopic (exact) mass is 422 g/mol. The number of imidazole rings is 1. The fourth-order valence-corrected chi connectivity index (χ4v) is 3.34. The van der Waals surface area contributed by atoms with Gasteiger partial charge in [-0.05, 0) is 47.5 Å².